The van der Waals surface area contributed by atoms with Crippen molar-refractivity contribution in [1.82, 2.24) is 14.5 Å². The second-order valence-corrected chi connectivity index (χ2v) is 4.96. The zero-order valence-electron chi connectivity index (χ0n) is 12.1. The highest BCUT2D eigenvalue weighted by atomic mass is 16.2. The topological polar surface area (TPSA) is 67.2 Å². The van der Waals surface area contributed by atoms with Gasteiger partial charge in [0, 0.05) is 44.5 Å². The zero-order valence-corrected chi connectivity index (χ0v) is 12.1. The predicted molar refractivity (Wildman–Crippen MR) is 77.8 cm³/mol. The van der Waals surface area contributed by atoms with Crippen molar-refractivity contribution in [3.8, 4) is 0 Å². The number of rotatable bonds is 7. The van der Waals surface area contributed by atoms with Crippen molar-refractivity contribution < 1.29 is 4.79 Å². The van der Waals surface area contributed by atoms with Gasteiger partial charge in [0.05, 0.1) is 0 Å². The highest BCUT2D eigenvalue weighted by molar-refractivity contribution is 5.76. The molecular formula is C14H22N4O2. The predicted octanol–water partition coefficient (Wildman–Crippen LogP) is 1.25. The Kier molecular flexibility index (Phi) is 4.76. The minimum absolute atomic E-state index is 0.0923. The average molecular weight is 278 g/mol. The number of anilines is 1. The summed E-state index contributed by atoms with van der Waals surface area (Å²) in [5.41, 5.74) is -0.0923. The van der Waals surface area contributed by atoms with E-state index in [9.17, 15) is 9.59 Å². The number of nitrogens with one attached hydrogen (secondary N) is 1. The summed E-state index contributed by atoms with van der Waals surface area (Å²) in [6.07, 6.45) is 5.86. The molecule has 1 aliphatic carbocycles. The molecule has 110 valence electrons. The van der Waals surface area contributed by atoms with Gasteiger partial charge in [0.2, 0.25) is 5.91 Å². The van der Waals surface area contributed by atoms with Crippen LogP contribution in [0.3, 0.4) is 0 Å². The van der Waals surface area contributed by atoms with Crippen LogP contribution >= 0.6 is 0 Å². The lowest BCUT2D eigenvalue weighted by Crippen LogP contribution is -2.32. The minimum atomic E-state index is -0.0923. The third-order valence-corrected chi connectivity index (χ3v) is 3.56. The lowest BCUT2D eigenvalue weighted by Gasteiger charge is -2.18. The molecular weight excluding hydrogens is 256 g/mol. The van der Waals surface area contributed by atoms with Gasteiger partial charge in [-0.05, 0) is 26.7 Å². The van der Waals surface area contributed by atoms with E-state index >= 15 is 0 Å². The number of hydrogen-bond donors (Lipinski definition) is 1. The van der Waals surface area contributed by atoms with Crippen molar-refractivity contribution in [3.63, 3.8) is 0 Å². The van der Waals surface area contributed by atoms with Gasteiger partial charge in [0.25, 0.3) is 5.56 Å². The molecule has 1 aliphatic rings. The van der Waals surface area contributed by atoms with E-state index in [1.54, 1.807) is 21.9 Å². The molecule has 2 rings (SSSR count). The Hall–Kier alpha value is -1.85. The van der Waals surface area contributed by atoms with E-state index in [-0.39, 0.29) is 11.5 Å². The number of hydrogen-bond acceptors (Lipinski definition) is 4. The van der Waals surface area contributed by atoms with Crippen LogP contribution in [0.1, 0.15) is 39.2 Å². The van der Waals surface area contributed by atoms with Crippen LogP contribution in [0.25, 0.3) is 0 Å². The molecule has 1 aromatic heterocycles. The molecule has 0 bridgehead atoms. The van der Waals surface area contributed by atoms with E-state index in [0.29, 0.717) is 37.9 Å². The van der Waals surface area contributed by atoms with Gasteiger partial charge >= 0.3 is 0 Å². The minimum Gasteiger partial charge on any atom is -0.365 e. The van der Waals surface area contributed by atoms with Crippen molar-refractivity contribution in [3.05, 3.63) is 22.7 Å². The first-order valence-corrected chi connectivity index (χ1v) is 7.26. The molecule has 0 aromatic carbocycles. The average Bonchev–Trinajstić information content (AvgIpc) is 3.26. The normalized spacial score (nSPS) is 14.1. The molecule has 6 heteroatoms. The van der Waals surface area contributed by atoms with Crippen molar-refractivity contribution in [1.29, 1.82) is 0 Å². The number of nitrogens with zero attached hydrogens (tertiary/aromatic N) is 3. The van der Waals surface area contributed by atoms with Crippen LogP contribution < -0.4 is 10.9 Å². The van der Waals surface area contributed by atoms with E-state index in [0.717, 1.165) is 12.8 Å². The van der Waals surface area contributed by atoms with Crippen LogP contribution in [0.4, 0.5) is 5.82 Å². The molecule has 0 radical (unpaired) electrons. The van der Waals surface area contributed by atoms with E-state index in [1.165, 1.54) is 0 Å². The van der Waals surface area contributed by atoms with E-state index in [2.05, 4.69) is 10.3 Å². The van der Waals surface area contributed by atoms with Crippen LogP contribution in [-0.2, 0) is 4.79 Å². The second kappa shape index (κ2) is 6.54. The van der Waals surface area contributed by atoms with Crippen LogP contribution in [0, 0.1) is 0 Å². The standard InChI is InChI=1S/C14H22N4O2/c1-3-17(4-2)12(19)7-8-15-13-14(20)18(10-9-16-13)11-5-6-11/h9-11H,3-8H2,1-2H3,(H,15,16). The van der Waals surface area contributed by atoms with Crippen LogP contribution in [-0.4, -0.2) is 40.0 Å². The Morgan fingerprint density at radius 3 is 2.75 bits per heavy atom. The Bertz CT molecular complexity index is 518. The summed E-state index contributed by atoms with van der Waals surface area (Å²) < 4.78 is 1.72. The fourth-order valence-corrected chi connectivity index (χ4v) is 2.21. The number of amides is 1. The third kappa shape index (κ3) is 3.37. The summed E-state index contributed by atoms with van der Waals surface area (Å²) in [6.45, 7) is 5.79. The Morgan fingerprint density at radius 2 is 2.15 bits per heavy atom. The fourth-order valence-electron chi connectivity index (χ4n) is 2.21. The van der Waals surface area contributed by atoms with Gasteiger partial charge in [-0.1, -0.05) is 0 Å². The molecule has 0 atom stereocenters. The maximum absolute atomic E-state index is 12.1. The Balaban J connectivity index is 1.90. The van der Waals surface area contributed by atoms with Gasteiger partial charge in [-0.2, -0.15) is 0 Å². The molecule has 0 spiro atoms. The summed E-state index contributed by atoms with van der Waals surface area (Å²) in [4.78, 5) is 29.8. The molecule has 1 heterocycles. The van der Waals surface area contributed by atoms with E-state index < -0.39 is 0 Å². The van der Waals surface area contributed by atoms with Gasteiger partial charge < -0.3 is 14.8 Å². The van der Waals surface area contributed by atoms with Gasteiger partial charge in [-0.3, -0.25) is 9.59 Å². The largest absolute Gasteiger partial charge is 0.365 e. The van der Waals surface area contributed by atoms with Crippen molar-refractivity contribution >= 4 is 11.7 Å². The summed E-state index contributed by atoms with van der Waals surface area (Å²) in [6, 6.07) is 0.336. The second-order valence-electron chi connectivity index (χ2n) is 4.96. The Morgan fingerprint density at radius 1 is 1.45 bits per heavy atom. The molecule has 20 heavy (non-hydrogen) atoms. The number of aromatic nitrogens is 2. The summed E-state index contributed by atoms with van der Waals surface area (Å²) >= 11 is 0. The molecule has 1 amide bonds. The number of carbonyl (C=O) groups excluding carboxylic acids is 1. The first-order valence-electron chi connectivity index (χ1n) is 7.26. The van der Waals surface area contributed by atoms with E-state index in [4.69, 9.17) is 0 Å². The van der Waals surface area contributed by atoms with Crippen molar-refractivity contribution in [2.24, 2.45) is 0 Å². The van der Waals surface area contributed by atoms with Gasteiger partial charge in [0.15, 0.2) is 5.82 Å². The van der Waals surface area contributed by atoms with Gasteiger partial charge in [-0.15, -0.1) is 0 Å². The van der Waals surface area contributed by atoms with Gasteiger partial charge in [0.1, 0.15) is 0 Å². The van der Waals surface area contributed by atoms with Crippen LogP contribution in [0.15, 0.2) is 17.2 Å². The number of carbonyl (C=O) groups is 1. The molecule has 0 aliphatic heterocycles. The quantitative estimate of drug-likeness (QED) is 0.815. The molecule has 1 saturated carbocycles. The molecule has 1 fully saturated rings. The van der Waals surface area contributed by atoms with E-state index in [1.807, 2.05) is 13.8 Å². The maximum Gasteiger partial charge on any atom is 0.293 e. The lowest BCUT2D eigenvalue weighted by atomic mass is 10.3. The van der Waals surface area contributed by atoms with Crippen molar-refractivity contribution in [2.45, 2.75) is 39.2 Å². The highest BCUT2D eigenvalue weighted by Crippen LogP contribution is 2.33. The fraction of sp³-hybridized carbons (Fsp3) is 0.643. The van der Waals surface area contributed by atoms with Crippen molar-refractivity contribution in [2.75, 3.05) is 25.0 Å². The smallest absolute Gasteiger partial charge is 0.293 e. The SMILES string of the molecule is CCN(CC)C(=O)CCNc1nccn(C2CC2)c1=O. The molecule has 6 nitrogen and oxygen atoms in total. The van der Waals surface area contributed by atoms with Crippen LogP contribution in [0.2, 0.25) is 0 Å². The molecule has 0 unspecified atom stereocenters. The molecule has 1 N–H and O–H groups in total. The maximum atomic E-state index is 12.1. The first kappa shape index (κ1) is 14.6. The summed E-state index contributed by atoms with van der Waals surface area (Å²) in [5, 5.41) is 2.98. The lowest BCUT2D eigenvalue weighted by molar-refractivity contribution is -0.130. The Labute approximate surface area is 118 Å². The summed E-state index contributed by atoms with van der Waals surface area (Å²) in [7, 11) is 0. The summed E-state index contributed by atoms with van der Waals surface area (Å²) in [5.74, 6) is 0.438. The zero-order chi connectivity index (χ0) is 14.5. The molecule has 1 aromatic rings. The third-order valence-electron chi connectivity index (χ3n) is 3.56. The molecule has 0 saturated heterocycles. The van der Waals surface area contributed by atoms with Gasteiger partial charge in [-0.25, -0.2) is 4.98 Å². The first-order chi connectivity index (χ1) is 9.67. The van der Waals surface area contributed by atoms with Crippen LogP contribution in [0.5, 0.6) is 0 Å². The highest BCUT2D eigenvalue weighted by Gasteiger charge is 2.25. The monoisotopic (exact) mass is 278 g/mol.